The van der Waals surface area contributed by atoms with Crippen molar-refractivity contribution in [2.45, 2.75) is 31.4 Å². The molecule has 0 aromatic heterocycles. The van der Waals surface area contributed by atoms with Crippen LogP contribution in [-0.4, -0.2) is 17.8 Å². The molecule has 0 radical (unpaired) electrons. The number of hydrogen-bond donors (Lipinski definition) is 2. The maximum atomic E-state index is 9.43. The van der Waals surface area contributed by atoms with Crippen LogP contribution in [0.5, 0.6) is 0 Å². The summed E-state index contributed by atoms with van der Waals surface area (Å²) in [6.07, 6.45) is 1.71. The summed E-state index contributed by atoms with van der Waals surface area (Å²) in [5, 5.41) is 12.8. The van der Waals surface area contributed by atoms with E-state index < -0.39 is 0 Å². The Hall–Kier alpha value is -0.860. The quantitative estimate of drug-likeness (QED) is 0.707. The van der Waals surface area contributed by atoms with Gasteiger partial charge in [-0.3, -0.25) is 0 Å². The molecule has 1 aromatic rings. The molecular formula is C12H17NO. The number of benzene rings is 1. The van der Waals surface area contributed by atoms with Crippen molar-refractivity contribution in [3.8, 4) is 0 Å². The van der Waals surface area contributed by atoms with E-state index in [0.29, 0.717) is 6.54 Å². The third-order valence-corrected chi connectivity index (χ3v) is 3.12. The van der Waals surface area contributed by atoms with Gasteiger partial charge in [0.2, 0.25) is 0 Å². The van der Waals surface area contributed by atoms with Crippen LogP contribution in [0.3, 0.4) is 0 Å². The second kappa shape index (κ2) is 3.71. The van der Waals surface area contributed by atoms with E-state index in [-0.39, 0.29) is 11.6 Å². The van der Waals surface area contributed by atoms with Gasteiger partial charge < -0.3 is 10.4 Å². The summed E-state index contributed by atoms with van der Waals surface area (Å²) in [6, 6.07) is 10.4. The number of aliphatic hydroxyl groups is 1. The Morgan fingerprint density at radius 2 is 2.07 bits per heavy atom. The van der Waals surface area contributed by atoms with Crippen LogP contribution in [0.2, 0.25) is 0 Å². The van der Waals surface area contributed by atoms with Crippen molar-refractivity contribution in [2.75, 3.05) is 6.54 Å². The van der Waals surface area contributed by atoms with Gasteiger partial charge >= 0.3 is 0 Å². The van der Waals surface area contributed by atoms with Gasteiger partial charge in [-0.25, -0.2) is 0 Å². The maximum Gasteiger partial charge on any atom is 0.0665 e. The molecule has 2 atom stereocenters. The average molecular weight is 191 g/mol. The first-order chi connectivity index (χ1) is 6.71. The first-order valence-corrected chi connectivity index (χ1v) is 5.19. The van der Waals surface area contributed by atoms with Crippen LogP contribution in [0.4, 0.5) is 0 Å². The molecule has 2 nitrogen and oxygen atoms in total. The van der Waals surface area contributed by atoms with E-state index in [4.69, 9.17) is 0 Å². The number of nitrogens with one attached hydrogen (secondary N) is 1. The Morgan fingerprint density at radius 3 is 2.64 bits per heavy atom. The van der Waals surface area contributed by atoms with Crippen LogP contribution in [0.1, 0.15) is 25.3 Å². The Labute approximate surface area is 85.0 Å². The van der Waals surface area contributed by atoms with E-state index in [1.54, 1.807) is 0 Å². The number of aliphatic hydroxyl groups excluding tert-OH is 1. The molecule has 1 unspecified atom stereocenters. The van der Waals surface area contributed by atoms with Gasteiger partial charge in [0.1, 0.15) is 0 Å². The van der Waals surface area contributed by atoms with Gasteiger partial charge in [0.15, 0.2) is 0 Å². The highest BCUT2D eigenvalue weighted by Crippen LogP contribution is 2.29. The molecule has 1 aliphatic rings. The fourth-order valence-corrected chi connectivity index (χ4v) is 2.04. The molecule has 1 aromatic carbocycles. The standard InChI is InChI=1S/C12H17NO/c1-12(8-7-11(14)9-13-12)10-5-3-2-4-6-10/h2-6,11,13-14H,7-9H2,1H3/t11?,12-/m0/s1. The zero-order chi connectivity index (χ0) is 10.0. The number of rotatable bonds is 1. The SMILES string of the molecule is C[C@@]1(c2ccccc2)CCC(O)CN1. The van der Waals surface area contributed by atoms with Crippen molar-refractivity contribution in [1.82, 2.24) is 5.32 Å². The van der Waals surface area contributed by atoms with Gasteiger partial charge in [-0.2, -0.15) is 0 Å². The lowest BCUT2D eigenvalue weighted by Gasteiger charge is -2.37. The Balaban J connectivity index is 2.17. The highest BCUT2D eigenvalue weighted by atomic mass is 16.3. The predicted molar refractivity (Wildman–Crippen MR) is 57.0 cm³/mol. The summed E-state index contributed by atoms with van der Waals surface area (Å²) in [6.45, 7) is 2.90. The zero-order valence-corrected chi connectivity index (χ0v) is 8.53. The van der Waals surface area contributed by atoms with Gasteiger partial charge in [-0.05, 0) is 25.3 Å². The monoisotopic (exact) mass is 191 g/mol. The molecule has 1 saturated heterocycles. The molecule has 1 heterocycles. The van der Waals surface area contributed by atoms with Crippen LogP contribution in [0, 0.1) is 0 Å². The first kappa shape index (κ1) is 9.69. The second-order valence-electron chi connectivity index (χ2n) is 4.27. The molecule has 2 heteroatoms. The molecule has 1 fully saturated rings. The first-order valence-electron chi connectivity index (χ1n) is 5.19. The fraction of sp³-hybridized carbons (Fsp3) is 0.500. The van der Waals surface area contributed by atoms with E-state index >= 15 is 0 Å². The Kier molecular flexibility index (Phi) is 2.57. The summed E-state index contributed by atoms with van der Waals surface area (Å²) in [4.78, 5) is 0. The smallest absolute Gasteiger partial charge is 0.0665 e. The summed E-state index contributed by atoms with van der Waals surface area (Å²) in [5.74, 6) is 0. The van der Waals surface area contributed by atoms with Crippen molar-refractivity contribution in [3.63, 3.8) is 0 Å². The normalized spacial score (nSPS) is 32.9. The molecule has 0 spiro atoms. The average Bonchev–Trinajstić information content (AvgIpc) is 2.24. The number of hydrogen-bond acceptors (Lipinski definition) is 2. The summed E-state index contributed by atoms with van der Waals surface area (Å²) < 4.78 is 0. The molecule has 14 heavy (non-hydrogen) atoms. The van der Waals surface area contributed by atoms with Crippen LogP contribution < -0.4 is 5.32 Å². The number of piperidine rings is 1. The van der Waals surface area contributed by atoms with Crippen molar-refractivity contribution in [1.29, 1.82) is 0 Å². The minimum absolute atomic E-state index is 0.0422. The lowest BCUT2D eigenvalue weighted by molar-refractivity contribution is 0.0988. The van der Waals surface area contributed by atoms with Crippen LogP contribution >= 0.6 is 0 Å². The van der Waals surface area contributed by atoms with Gasteiger partial charge in [0, 0.05) is 12.1 Å². The van der Waals surface area contributed by atoms with Crippen molar-refractivity contribution in [3.05, 3.63) is 35.9 Å². The molecule has 1 aliphatic heterocycles. The fourth-order valence-electron chi connectivity index (χ4n) is 2.04. The summed E-state index contributed by atoms with van der Waals surface area (Å²) >= 11 is 0. The molecule has 76 valence electrons. The van der Waals surface area contributed by atoms with Crippen molar-refractivity contribution < 1.29 is 5.11 Å². The molecule has 2 N–H and O–H groups in total. The van der Waals surface area contributed by atoms with E-state index in [2.05, 4.69) is 36.5 Å². The molecule has 0 amide bonds. The minimum atomic E-state index is -0.174. The summed E-state index contributed by atoms with van der Waals surface area (Å²) in [7, 11) is 0. The largest absolute Gasteiger partial charge is 0.392 e. The highest BCUT2D eigenvalue weighted by molar-refractivity contribution is 5.24. The molecular weight excluding hydrogens is 174 g/mol. The third-order valence-electron chi connectivity index (χ3n) is 3.12. The Morgan fingerprint density at radius 1 is 1.36 bits per heavy atom. The van der Waals surface area contributed by atoms with Gasteiger partial charge in [-0.1, -0.05) is 30.3 Å². The lowest BCUT2D eigenvalue weighted by atomic mass is 9.83. The van der Waals surface area contributed by atoms with Gasteiger partial charge in [-0.15, -0.1) is 0 Å². The molecule has 2 rings (SSSR count). The van der Waals surface area contributed by atoms with E-state index in [0.717, 1.165) is 12.8 Å². The van der Waals surface area contributed by atoms with Crippen molar-refractivity contribution >= 4 is 0 Å². The lowest BCUT2D eigenvalue weighted by Crippen LogP contribution is -2.48. The minimum Gasteiger partial charge on any atom is -0.392 e. The second-order valence-corrected chi connectivity index (χ2v) is 4.27. The summed E-state index contributed by atoms with van der Waals surface area (Å²) in [5.41, 5.74) is 1.35. The molecule has 0 saturated carbocycles. The third kappa shape index (κ3) is 1.81. The topological polar surface area (TPSA) is 32.3 Å². The zero-order valence-electron chi connectivity index (χ0n) is 8.53. The predicted octanol–water partition coefficient (Wildman–Crippen LogP) is 1.65. The highest BCUT2D eigenvalue weighted by Gasteiger charge is 2.30. The van der Waals surface area contributed by atoms with Crippen LogP contribution in [0.15, 0.2) is 30.3 Å². The van der Waals surface area contributed by atoms with E-state index in [9.17, 15) is 5.11 Å². The van der Waals surface area contributed by atoms with Gasteiger partial charge in [0.25, 0.3) is 0 Å². The van der Waals surface area contributed by atoms with Crippen LogP contribution in [0.25, 0.3) is 0 Å². The van der Waals surface area contributed by atoms with Crippen LogP contribution in [-0.2, 0) is 5.54 Å². The van der Waals surface area contributed by atoms with E-state index in [1.165, 1.54) is 5.56 Å². The molecule has 0 bridgehead atoms. The van der Waals surface area contributed by atoms with Gasteiger partial charge in [0.05, 0.1) is 6.10 Å². The number of β-amino-alcohol motifs (C(OH)–C–C–N with tert-alkyl or cyclic N) is 1. The maximum absolute atomic E-state index is 9.43. The van der Waals surface area contributed by atoms with E-state index in [1.807, 2.05) is 6.07 Å². The Bertz CT molecular complexity index is 288. The van der Waals surface area contributed by atoms with Crippen molar-refractivity contribution in [2.24, 2.45) is 0 Å². The molecule has 0 aliphatic carbocycles.